The van der Waals surface area contributed by atoms with Gasteiger partial charge in [0.2, 0.25) is 0 Å². The minimum absolute atomic E-state index is 0.338. The Balaban J connectivity index is 2.41. The van der Waals surface area contributed by atoms with E-state index in [1.165, 1.54) is 16.9 Å². The van der Waals surface area contributed by atoms with Gasteiger partial charge in [0, 0.05) is 16.7 Å². The number of nitrogens with two attached hydrogens (primary N) is 1. The molecule has 0 saturated carbocycles. The number of hydrogen-bond donors (Lipinski definition) is 1. The summed E-state index contributed by atoms with van der Waals surface area (Å²) < 4.78 is 0. The van der Waals surface area contributed by atoms with E-state index < -0.39 is 0 Å². The molecule has 1 aromatic rings. The molecule has 2 N–H and O–H groups in total. The molecule has 78 valence electrons. The van der Waals surface area contributed by atoms with Crippen LogP contribution in [-0.2, 0) is 0 Å². The fourth-order valence-electron chi connectivity index (χ4n) is 1.37. The van der Waals surface area contributed by atoms with Crippen LogP contribution in [0.5, 0.6) is 0 Å². The summed E-state index contributed by atoms with van der Waals surface area (Å²) in [5.41, 5.74) is 7.31. The number of thioether (sulfide) groups is 1. The van der Waals surface area contributed by atoms with Crippen molar-refractivity contribution in [1.29, 1.82) is 0 Å². The molecule has 0 unspecified atom stereocenters. The molecule has 1 rings (SSSR count). The van der Waals surface area contributed by atoms with Gasteiger partial charge in [-0.2, -0.15) is 0 Å². The minimum atomic E-state index is 0.338. The van der Waals surface area contributed by atoms with Crippen LogP contribution in [0.2, 0.25) is 0 Å². The Morgan fingerprint density at radius 1 is 1.36 bits per heavy atom. The minimum Gasteiger partial charge on any atom is -0.327 e. The van der Waals surface area contributed by atoms with E-state index in [2.05, 4.69) is 38.1 Å². The summed E-state index contributed by atoms with van der Waals surface area (Å²) in [7, 11) is 0. The molecule has 0 amide bonds. The van der Waals surface area contributed by atoms with Crippen molar-refractivity contribution in [3.63, 3.8) is 0 Å². The Labute approximate surface area is 91.1 Å². The van der Waals surface area contributed by atoms with E-state index >= 15 is 0 Å². The number of hydrogen-bond acceptors (Lipinski definition) is 2. The molecular weight excluding hydrogens is 190 g/mol. The summed E-state index contributed by atoms with van der Waals surface area (Å²) in [6.07, 6.45) is 2.30. The second-order valence-electron chi connectivity index (χ2n) is 3.63. The van der Waals surface area contributed by atoms with Crippen molar-refractivity contribution in [2.75, 3.05) is 5.75 Å². The molecule has 1 nitrogen and oxygen atoms in total. The van der Waals surface area contributed by atoms with Crippen molar-refractivity contribution in [2.24, 2.45) is 5.73 Å². The Kier molecular flexibility index (Phi) is 5.05. The van der Waals surface area contributed by atoms with Gasteiger partial charge in [-0.15, -0.1) is 11.8 Å². The van der Waals surface area contributed by atoms with Gasteiger partial charge in [-0.25, -0.2) is 0 Å². The van der Waals surface area contributed by atoms with Crippen molar-refractivity contribution in [1.82, 2.24) is 0 Å². The maximum absolute atomic E-state index is 5.96. The van der Waals surface area contributed by atoms with E-state index in [-0.39, 0.29) is 0 Å². The molecule has 0 bridgehead atoms. The lowest BCUT2D eigenvalue weighted by Crippen LogP contribution is -2.22. The molecule has 0 aliphatic rings. The average Bonchev–Trinajstić information content (AvgIpc) is 2.17. The maximum atomic E-state index is 5.96. The first kappa shape index (κ1) is 11.6. The van der Waals surface area contributed by atoms with E-state index in [0.29, 0.717) is 6.04 Å². The third-order valence-corrected chi connectivity index (χ3v) is 3.57. The third-order valence-electron chi connectivity index (χ3n) is 2.21. The van der Waals surface area contributed by atoms with Gasteiger partial charge in [-0.05, 0) is 25.0 Å². The van der Waals surface area contributed by atoms with Crippen LogP contribution in [0.1, 0.15) is 25.3 Å². The second kappa shape index (κ2) is 6.10. The topological polar surface area (TPSA) is 26.0 Å². The summed E-state index contributed by atoms with van der Waals surface area (Å²) in [4.78, 5) is 1.36. The SMILES string of the molecule is CCC[C@H](N)CSc1ccccc1C. The van der Waals surface area contributed by atoms with Crippen molar-refractivity contribution in [2.45, 2.75) is 37.6 Å². The highest BCUT2D eigenvalue weighted by Gasteiger charge is 2.03. The van der Waals surface area contributed by atoms with Crippen LogP contribution in [0.25, 0.3) is 0 Å². The highest BCUT2D eigenvalue weighted by molar-refractivity contribution is 7.99. The van der Waals surface area contributed by atoms with Crippen LogP contribution in [0, 0.1) is 6.92 Å². The molecule has 14 heavy (non-hydrogen) atoms. The molecule has 0 aliphatic heterocycles. The molecule has 0 aliphatic carbocycles. The lowest BCUT2D eigenvalue weighted by atomic mass is 10.2. The highest BCUT2D eigenvalue weighted by Crippen LogP contribution is 2.22. The Hall–Kier alpha value is -0.470. The smallest absolute Gasteiger partial charge is 0.0133 e. The van der Waals surface area contributed by atoms with Crippen LogP contribution in [-0.4, -0.2) is 11.8 Å². The summed E-state index contributed by atoms with van der Waals surface area (Å²) >= 11 is 1.87. The lowest BCUT2D eigenvalue weighted by Gasteiger charge is -2.10. The zero-order valence-electron chi connectivity index (χ0n) is 8.99. The van der Waals surface area contributed by atoms with Crippen molar-refractivity contribution in [3.8, 4) is 0 Å². The molecular formula is C12H19NS. The van der Waals surface area contributed by atoms with Gasteiger partial charge < -0.3 is 5.73 Å². The Morgan fingerprint density at radius 2 is 2.07 bits per heavy atom. The van der Waals surface area contributed by atoms with Crippen molar-refractivity contribution >= 4 is 11.8 Å². The molecule has 1 aromatic carbocycles. The van der Waals surface area contributed by atoms with Gasteiger partial charge in [-0.3, -0.25) is 0 Å². The van der Waals surface area contributed by atoms with Crippen LogP contribution < -0.4 is 5.73 Å². The van der Waals surface area contributed by atoms with E-state index in [0.717, 1.165) is 12.2 Å². The summed E-state index contributed by atoms with van der Waals surface area (Å²) in [5.74, 6) is 1.03. The maximum Gasteiger partial charge on any atom is 0.0133 e. The normalized spacial score (nSPS) is 12.8. The van der Waals surface area contributed by atoms with Gasteiger partial charge in [0.25, 0.3) is 0 Å². The van der Waals surface area contributed by atoms with Crippen molar-refractivity contribution in [3.05, 3.63) is 29.8 Å². The standard InChI is InChI=1S/C12H19NS/c1-3-6-11(13)9-14-12-8-5-4-7-10(12)2/h4-5,7-8,11H,3,6,9,13H2,1-2H3/t11-/m0/s1. The second-order valence-corrected chi connectivity index (χ2v) is 4.69. The first-order chi connectivity index (χ1) is 6.74. The fourth-order valence-corrected chi connectivity index (χ4v) is 2.40. The fraction of sp³-hybridized carbons (Fsp3) is 0.500. The van der Waals surface area contributed by atoms with Crippen molar-refractivity contribution < 1.29 is 0 Å². The van der Waals surface area contributed by atoms with Crippen LogP contribution in [0.4, 0.5) is 0 Å². The quantitative estimate of drug-likeness (QED) is 0.754. The Bertz CT molecular complexity index is 273. The largest absolute Gasteiger partial charge is 0.327 e. The molecule has 0 spiro atoms. The molecule has 1 atom stereocenters. The number of benzene rings is 1. The molecule has 0 radical (unpaired) electrons. The highest BCUT2D eigenvalue weighted by atomic mass is 32.2. The lowest BCUT2D eigenvalue weighted by molar-refractivity contribution is 0.660. The number of rotatable bonds is 5. The van der Waals surface area contributed by atoms with E-state index in [1.807, 2.05) is 11.8 Å². The predicted molar refractivity (Wildman–Crippen MR) is 64.8 cm³/mol. The first-order valence-electron chi connectivity index (χ1n) is 5.18. The summed E-state index contributed by atoms with van der Waals surface area (Å²) in [6.45, 7) is 4.33. The molecule has 2 heteroatoms. The third kappa shape index (κ3) is 3.72. The van der Waals surface area contributed by atoms with E-state index in [4.69, 9.17) is 5.73 Å². The van der Waals surface area contributed by atoms with Gasteiger partial charge in [0.05, 0.1) is 0 Å². The van der Waals surface area contributed by atoms with Crippen LogP contribution in [0.3, 0.4) is 0 Å². The summed E-state index contributed by atoms with van der Waals surface area (Å²) in [6, 6.07) is 8.81. The zero-order valence-corrected chi connectivity index (χ0v) is 9.81. The molecule has 0 saturated heterocycles. The van der Waals surface area contributed by atoms with Crippen LogP contribution >= 0.6 is 11.8 Å². The zero-order chi connectivity index (χ0) is 10.4. The summed E-state index contributed by atoms with van der Waals surface area (Å²) in [5, 5.41) is 0. The predicted octanol–water partition coefficient (Wildman–Crippen LogP) is 3.21. The van der Waals surface area contributed by atoms with Gasteiger partial charge in [0.15, 0.2) is 0 Å². The number of aryl methyl sites for hydroxylation is 1. The van der Waals surface area contributed by atoms with E-state index in [1.54, 1.807) is 0 Å². The van der Waals surface area contributed by atoms with Gasteiger partial charge in [0.1, 0.15) is 0 Å². The van der Waals surface area contributed by atoms with Gasteiger partial charge >= 0.3 is 0 Å². The molecule has 0 heterocycles. The average molecular weight is 209 g/mol. The molecule has 0 aromatic heterocycles. The Morgan fingerprint density at radius 3 is 2.71 bits per heavy atom. The van der Waals surface area contributed by atoms with Crippen LogP contribution in [0.15, 0.2) is 29.2 Å². The first-order valence-corrected chi connectivity index (χ1v) is 6.16. The van der Waals surface area contributed by atoms with E-state index in [9.17, 15) is 0 Å². The monoisotopic (exact) mass is 209 g/mol. The molecule has 0 fully saturated rings. The van der Waals surface area contributed by atoms with Gasteiger partial charge in [-0.1, -0.05) is 31.5 Å².